The molecule has 1 amide bonds. The molecule has 4 heterocycles. The van der Waals surface area contributed by atoms with Gasteiger partial charge in [-0.15, -0.1) is 0 Å². The van der Waals surface area contributed by atoms with Gasteiger partial charge in [0.25, 0.3) is 10.2 Å². The SMILES string of the molecule is COc1ccc(N2CCN(C(=O)Cc3cnc(C)[nH]3)[C@@H](Cc3ccccc3)C2)cc1OC1CCC1.COc1ccc(N2CCN(S(N)(=O)=O)[C@@H](Cc3ccccc3)C2)cc1OC1CCCC1.Cc1nc(CC=O)n[nH]1. The van der Waals surface area contributed by atoms with Crippen LogP contribution in [0.4, 0.5) is 11.4 Å². The first-order chi connectivity index (χ1) is 36.3. The molecular weight excluding hydrogens is 973 g/mol. The summed E-state index contributed by atoms with van der Waals surface area (Å²) in [7, 11) is -0.439. The number of H-pyrrole nitrogens is 2. The number of aromatic nitrogens is 5. The van der Waals surface area contributed by atoms with Crippen LogP contribution < -0.4 is 33.9 Å². The normalized spacial score (nSPS) is 18.2. The molecule has 2 aromatic heterocycles. The summed E-state index contributed by atoms with van der Waals surface area (Å²) in [5.74, 6) is 5.32. The van der Waals surface area contributed by atoms with Gasteiger partial charge in [0, 0.05) is 80.7 Å². The average Bonchev–Trinajstić information content (AvgIpc) is 4.18. The highest BCUT2D eigenvalue weighted by Crippen LogP contribution is 2.38. The van der Waals surface area contributed by atoms with Gasteiger partial charge in [-0.3, -0.25) is 9.89 Å². The Balaban J connectivity index is 0.000000172. The number of nitrogens with zero attached hydrogens (tertiary/aromatic N) is 7. The Morgan fingerprint density at radius 1 is 0.707 bits per heavy atom. The second-order valence-corrected chi connectivity index (χ2v) is 21.1. The molecule has 2 aliphatic heterocycles. The predicted octanol–water partition coefficient (Wildman–Crippen LogP) is 6.97. The fraction of sp³-hybridized carbons (Fsp3) is 0.446. The maximum Gasteiger partial charge on any atom is 0.277 e. The van der Waals surface area contributed by atoms with Crippen molar-refractivity contribution in [3.63, 3.8) is 0 Å². The molecule has 4 aromatic carbocycles. The molecule has 18 nitrogen and oxygen atoms in total. The molecule has 400 valence electrons. The van der Waals surface area contributed by atoms with Crippen molar-refractivity contribution in [2.45, 2.75) is 109 Å². The fourth-order valence-electron chi connectivity index (χ4n) is 10.1. The summed E-state index contributed by atoms with van der Waals surface area (Å²) in [6.07, 6.45) is 13.1. The van der Waals surface area contributed by atoms with Crippen LogP contribution in [0.15, 0.2) is 103 Å². The molecule has 2 atom stereocenters. The Bertz CT molecular complexity index is 2880. The number of nitrogens with one attached hydrogen (secondary N) is 2. The van der Waals surface area contributed by atoms with Gasteiger partial charge >= 0.3 is 0 Å². The number of amides is 1. The van der Waals surface area contributed by atoms with E-state index < -0.39 is 10.2 Å². The molecule has 6 aromatic rings. The first-order valence-electron chi connectivity index (χ1n) is 26.0. The molecule has 0 bridgehead atoms. The maximum atomic E-state index is 13.3. The fourth-order valence-corrected chi connectivity index (χ4v) is 11.0. The van der Waals surface area contributed by atoms with E-state index >= 15 is 0 Å². The largest absolute Gasteiger partial charge is 0.493 e. The van der Waals surface area contributed by atoms with E-state index in [1.54, 1.807) is 27.3 Å². The molecule has 0 spiro atoms. The highest BCUT2D eigenvalue weighted by atomic mass is 32.2. The Labute approximate surface area is 441 Å². The summed E-state index contributed by atoms with van der Waals surface area (Å²) in [5.41, 5.74) is 5.29. The van der Waals surface area contributed by atoms with Gasteiger partial charge in [-0.2, -0.15) is 17.8 Å². The number of ether oxygens (including phenoxy) is 4. The van der Waals surface area contributed by atoms with Crippen LogP contribution in [0, 0.1) is 13.8 Å². The van der Waals surface area contributed by atoms with Crippen LogP contribution in [0.5, 0.6) is 23.0 Å². The number of hydrogen-bond donors (Lipinski definition) is 3. The lowest BCUT2D eigenvalue weighted by Gasteiger charge is -2.43. The highest BCUT2D eigenvalue weighted by Gasteiger charge is 2.35. The van der Waals surface area contributed by atoms with Gasteiger partial charge < -0.3 is 43.4 Å². The zero-order valence-corrected chi connectivity index (χ0v) is 44.4. The molecule has 4 fully saturated rings. The van der Waals surface area contributed by atoms with Crippen LogP contribution in [0.25, 0.3) is 0 Å². The van der Waals surface area contributed by atoms with Gasteiger partial charge in [0.15, 0.2) is 28.8 Å². The molecule has 2 saturated heterocycles. The average molecular weight is 1050 g/mol. The number of imidazole rings is 1. The van der Waals surface area contributed by atoms with E-state index in [0.29, 0.717) is 51.3 Å². The zero-order chi connectivity index (χ0) is 52.7. The standard InChI is InChI=1S/C28H34N4O3.C23H31N3O4S.C5H7N3O/c1-20-29-18-22(30-20)16-28(33)32-14-13-31(19-24(32)15-21-7-4-3-5-8-21)23-11-12-26(34-2)27(17-23)35-25-9-6-10-25;1-29-22-12-11-19(16-23(22)30-21-9-5-6-10-21)25-13-14-26(31(24,27)28)20(17-25)15-18-7-3-2-4-8-18;1-4-6-5(2-3-9)8-7-4/h3-5,7-8,11-12,17-18,24-25H,6,9-10,13-16,19H2,1-2H3,(H,29,30);2-4,7-8,11-12,16,20-21H,5-6,9-10,13-15,17H2,1H3,(H2,24,27,28);3H,2H2,1H3,(H,6,7,8)/t24-;20-;/m00./s1. The van der Waals surface area contributed by atoms with Gasteiger partial charge in [-0.05, 0) is 107 Å². The smallest absolute Gasteiger partial charge is 0.277 e. The molecule has 10 rings (SSSR count). The number of nitrogens with two attached hydrogens (primary N) is 1. The zero-order valence-electron chi connectivity index (χ0n) is 43.6. The van der Waals surface area contributed by atoms with Crippen molar-refractivity contribution < 1.29 is 37.0 Å². The Hall–Kier alpha value is -6.96. The van der Waals surface area contributed by atoms with Crippen molar-refractivity contribution in [3.05, 3.63) is 138 Å². The van der Waals surface area contributed by atoms with Gasteiger partial charge in [-0.25, -0.2) is 15.1 Å². The van der Waals surface area contributed by atoms with Crippen LogP contribution in [-0.2, 0) is 45.5 Å². The molecule has 0 unspecified atom stereocenters. The number of piperazine rings is 2. The Morgan fingerprint density at radius 2 is 1.25 bits per heavy atom. The lowest BCUT2D eigenvalue weighted by molar-refractivity contribution is -0.133. The minimum atomic E-state index is -3.77. The van der Waals surface area contributed by atoms with Crippen molar-refractivity contribution in [1.82, 2.24) is 34.4 Å². The van der Waals surface area contributed by atoms with Crippen LogP contribution in [0.3, 0.4) is 0 Å². The summed E-state index contributed by atoms with van der Waals surface area (Å²) in [6.45, 7) is 7.38. The quantitative estimate of drug-likeness (QED) is 0.0789. The molecule has 19 heteroatoms. The summed E-state index contributed by atoms with van der Waals surface area (Å²) in [6, 6.07) is 32.3. The van der Waals surface area contributed by atoms with Crippen LogP contribution in [-0.4, -0.2) is 133 Å². The number of hydrogen-bond acceptors (Lipinski definition) is 13. The highest BCUT2D eigenvalue weighted by molar-refractivity contribution is 7.86. The molecule has 4 N–H and O–H groups in total. The number of methoxy groups -OCH3 is 2. The minimum Gasteiger partial charge on any atom is -0.493 e. The number of rotatable bonds is 17. The Kier molecular flexibility index (Phi) is 18.8. The molecule has 2 aliphatic carbocycles. The predicted molar refractivity (Wildman–Crippen MR) is 289 cm³/mol. The van der Waals surface area contributed by atoms with Crippen LogP contribution in [0.2, 0.25) is 0 Å². The maximum absolute atomic E-state index is 13.3. The number of aldehydes is 1. The van der Waals surface area contributed by atoms with E-state index in [4.69, 9.17) is 24.1 Å². The van der Waals surface area contributed by atoms with Crippen LogP contribution in [0.1, 0.15) is 79.2 Å². The topological polar surface area (TPSA) is 214 Å². The number of carbonyl (C=O) groups excluding carboxylic acids is 2. The van der Waals surface area contributed by atoms with Gasteiger partial charge in [0.1, 0.15) is 17.9 Å². The van der Waals surface area contributed by atoms with Crippen molar-refractivity contribution >= 4 is 33.8 Å². The summed E-state index contributed by atoms with van der Waals surface area (Å²) < 4.78 is 49.4. The van der Waals surface area contributed by atoms with E-state index in [-0.39, 0.29) is 30.2 Å². The first-order valence-corrected chi connectivity index (χ1v) is 27.5. The van der Waals surface area contributed by atoms with Crippen molar-refractivity contribution in [3.8, 4) is 23.0 Å². The van der Waals surface area contributed by atoms with E-state index in [1.807, 2.05) is 67.6 Å². The molecule has 75 heavy (non-hydrogen) atoms. The first kappa shape index (κ1) is 54.3. The third-order valence-corrected chi connectivity index (χ3v) is 15.3. The number of aryl methyl sites for hydroxylation is 2. The minimum absolute atomic E-state index is 0.0702. The lowest BCUT2D eigenvalue weighted by atomic mass is 9.96. The number of anilines is 2. The van der Waals surface area contributed by atoms with Gasteiger partial charge in [0.2, 0.25) is 5.91 Å². The molecule has 2 saturated carbocycles. The number of aromatic amines is 2. The monoisotopic (exact) mass is 1040 g/mol. The van der Waals surface area contributed by atoms with Gasteiger partial charge in [0.05, 0.1) is 45.3 Å². The van der Waals surface area contributed by atoms with Crippen LogP contribution >= 0.6 is 0 Å². The van der Waals surface area contributed by atoms with Crippen molar-refractivity contribution in [2.24, 2.45) is 5.14 Å². The van der Waals surface area contributed by atoms with E-state index in [0.717, 1.165) is 109 Å². The number of carbonyl (C=O) groups is 2. The lowest BCUT2D eigenvalue weighted by Crippen LogP contribution is -2.57. The summed E-state index contributed by atoms with van der Waals surface area (Å²) >= 11 is 0. The van der Waals surface area contributed by atoms with Gasteiger partial charge in [-0.1, -0.05) is 60.7 Å². The summed E-state index contributed by atoms with van der Waals surface area (Å²) in [4.78, 5) is 41.2. The van der Waals surface area contributed by atoms with E-state index in [2.05, 4.69) is 76.2 Å². The molecular formula is C56H72N10O8S. The number of benzene rings is 4. The summed E-state index contributed by atoms with van der Waals surface area (Å²) in [5, 5.41) is 11.9. The van der Waals surface area contributed by atoms with E-state index in [9.17, 15) is 18.0 Å². The molecule has 0 radical (unpaired) electrons. The second-order valence-electron chi connectivity index (χ2n) is 19.6. The third-order valence-electron chi connectivity index (χ3n) is 14.2. The van der Waals surface area contributed by atoms with Crippen molar-refractivity contribution in [1.29, 1.82) is 0 Å². The third kappa shape index (κ3) is 15.1. The van der Waals surface area contributed by atoms with E-state index in [1.165, 1.54) is 29.1 Å². The molecule has 4 aliphatic rings. The second kappa shape index (κ2) is 26.0. The van der Waals surface area contributed by atoms with Crippen molar-refractivity contribution in [2.75, 3.05) is 63.3 Å². The Morgan fingerprint density at radius 3 is 1.73 bits per heavy atom.